The number of carbonyl (C=O) groups is 5. The van der Waals surface area contributed by atoms with E-state index in [1.54, 1.807) is 29.2 Å². The van der Waals surface area contributed by atoms with Crippen molar-refractivity contribution in [2.45, 2.75) is 32.2 Å². The number of hydrogen-bond acceptors (Lipinski definition) is 6. The van der Waals surface area contributed by atoms with Gasteiger partial charge in [0, 0.05) is 31.9 Å². The van der Waals surface area contributed by atoms with E-state index in [2.05, 4.69) is 16.0 Å². The largest absolute Gasteiger partial charge is 0.495 e. The van der Waals surface area contributed by atoms with Gasteiger partial charge in [-0.15, -0.1) is 0 Å². The fourth-order valence-corrected chi connectivity index (χ4v) is 4.23. The van der Waals surface area contributed by atoms with Gasteiger partial charge in [0.2, 0.25) is 11.8 Å². The van der Waals surface area contributed by atoms with Gasteiger partial charge in [0.05, 0.1) is 25.6 Å². The van der Waals surface area contributed by atoms with Crippen molar-refractivity contribution in [2.75, 3.05) is 43.9 Å². The van der Waals surface area contributed by atoms with Crippen LogP contribution in [0.15, 0.2) is 42.5 Å². The zero-order valence-electron chi connectivity index (χ0n) is 22.4. The molecule has 0 aliphatic carbocycles. The molecule has 1 fully saturated rings. The Labute approximate surface area is 231 Å². The van der Waals surface area contributed by atoms with Crippen LogP contribution in [0.2, 0.25) is 0 Å². The van der Waals surface area contributed by atoms with Crippen molar-refractivity contribution in [1.29, 1.82) is 0 Å². The maximum Gasteiger partial charge on any atom is 0.323 e. The predicted molar refractivity (Wildman–Crippen MR) is 147 cm³/mol. The van der Waals surface area contributed by atoms with E-state index in [1.165, 1.54) is 12.0 Å². The van der Waals surface area contributed by atoms with Crippen LogP contribution in [0.1, 0.15) is 24.0 Å². The van der Waals surface area contributed by atoms with Gasteiger partial charge in [-0.3, -0.25) is 14.4 Å². The highest BCUT2D eigenvalue weighted by Crippen LogP contribution is 2.26. The summed E-state index contributed by atoms with van der Waals surface area (Å²) in [5, 5.41) is 16.8. The van der Waals surface area contributed by atoms with Gasteiger partial charge in [0.15, 0.2) is 0 Å². The normalized spacial score (nSPS) is 13.9. The number of ether oxygens (including phenoxy) is 1. The minimum atomic E-state index is -1.33. The highest BCUT2D eigenvalue weighted by Gasteiger charge is 2.27. The number of nitrogens with zero attached hydrogens (tertiary/aromatic N) is 2. The number of methoxy groups -OCH3 is 1. The average molecular weight is 555 g/mol. The summed E-state index contributed by atoms with van der Waals surface area (Å²) in [7, 11) is 1.47. The van der Waals surface area contributed by atoms with Crippen LogP contribution < -0.4 is 26.4 Å². The lowest BCUT2D eigenvalue weighted by Crippen LogP contribution is -2.51. The number of nitrogens with one attached hydrogen (secondary N) is 3. The number of hydrogen-bond donors (Lipinski definition) is 5. The Morgan fingerprint density at radius 2 is 1.65 bits per heavy atom. The number of aryl methyl sites for hydroxylation is 1. The number of carboxylic acids is 1. The topological polar surface area (TPSA) is 183 Å². The van der Waals surface area contributed by atoms with Crippen molar-refractivity contribution in [2.24, 2.45) is 5.73 Å². The molecule has 1 saturated heterocycles. The zero-order valence-corrected chi connectivity index (χ0v) is 22.4. The van der Waals surface area contributed by atoms with Crippen molar-refractivity contribution in [3.63, 3.8) is 0 Å². The number of anilines is 2. The first-order valence-corrected chi connectivity index (χ1v) is 12.7. The van der Waals surface area contributed by atoms with Crippen LogP contribution in [-0.2, 0) is 20.8 Å². The number of carbonyl (C=O) groups excluding carboxylic acids is 4. The number of primary amides is 1. The fourth-order valence-electron chi connectivity index (χ4n) is 4.23. The van der Waals surface area contributed by atoms with Gasteiger partial charge >= 0.3 is 18.0 Å². The summed E-state index contributed by atoms with van der Waals surface area (Å²) >= 11 is 0. The highest BCUT2D eigenvalue weighted by atomic mass is 16.5. The second-order valence-electron chi connectivity index (χ2n) is 9.33. The van der Waals surface area contributed by atoms with Gasteiger partial charge in [0.1, 0.15) is 11.8 Å². The maximum atomic E-state index is 13.0. The average Bonchev–Trinajstić information content (AvgIpc) is 3.17. The summed E-state index contributed by atoms with van der Waals surface area (Å²) in [6.07, 6.45) is -0.0310. The van der Waals surface area contributed by atoms with Crippen LogP contribution in [0.5, 0.6) is 5.75 Å². The van der Waals surface area contributed by atoms with Gasteiger partial charge in [-0.25, -0.2) is 9.59 Å². The lowest BCUT2D eigenvalue weighted by Gasteiger charge is -2.24. The fraction of sp³-hybridized carbons (Fsp3) is 0.370. The lowest BCUT2D eigenvalue weighted by molar-refractivity contribution is -0.139. The van der Waals surface area contributed by atoms with E-state index in [9.17, 15) is 24.0 Å². The van der Waals surface area contributed by atoms with E-state index in [0.29, 0.717) is 42.2 Å². The lowest BCUT2D eigenvalue weighted by atomic mass is 10.1. The third-order valence-electron chi connectivity index (χ3n) is 6.42. The van der Waals surface area contributed by atoms with E-state index in [0.717, 1.165) is 5.56 Å². The highest BCUT2D eigenvalue weighted by molar-refractivity contribution is 6.01. The number of rotatable bonds is 9. The Balaban J connectivity index is 1.56. The summed E-state index contributed by atoms with van der Waals surface area (Å²) < 4.78 is 5.43. The molecule has 13 heteroatoms. The Morgan fingerprint density at radius 3 is 2.33 bits per heavy atom. The molecule has 6 N–H and O–H groups in total. The number of nitrogens with two attached hydrogens (primary N) is 1. The molecule has 0 bridgehead atoms. The second-order valence-corrected chi connectivity index (χ2v) is 9.33. The Kier molecular flexibility index (Phi) is 10.3. The van der Waals surface area contributed by atoms with Crippen LogP contribution in [0.25, 0.3) is 0 Å². The molecule has 40 heavy (non-hydrogen) atoms. The molecule has 0 aromatic heterocycles. The summed E-state index contributed by atoms with van der Waals surface area (Å²) in [5.74, 6) is -1.95. The summed E-state index contributed by atoms with van der Waals surface area (Å²) in [4.78, 5) is 63.6. The van der Waals surface area contributed by atoms with Crippen molar-refractivity contribution in [3.05, 3.63) is 53.6 Å². The molecule has 214 valence electrons. The number of amides is 6. The van der Waals surface area contributed by atoms with Crippen LogP contribution in [0.3, 0.4) is 0 Å². The van der Waals surface area contributed by atoms with Gasteiger partial charge in [0.25, 0.3) is 0 Å². The van der Waals surface area contributed by atoms with Crippen molar-refractivity contribution in [3.8, 4) is 5.75 Å². The van der Waals surface area contributed by atoms with Crippen molar-refractivity contribution >= 4 is 41.2 Å². The van der Waals surface area contributed by atoms with E-state index in [-0.39, 0.29) is 25.4 Å². The quantitative estimate of drug-likeness (QED) is 0.313. The van der Waals surface area contributed by atoms with Gasteiger partial charge in [-0.1, -0.05) is 24.3 Å². The van der Waals surface area contributed by atoms with Crippen LogP contribution >= 0.6 is 0 Å². The summed E-state index contributed by atoms with van der Waals surface area (Å²) in [6.45, 7) is 3.11. The third kappa shape index (κ3) is 8.35. The number of benzene rings is 2. The molecule has 6 amide bonds. The Morgan fingerprint density at radius 1 is 0.975 bits per heavy atom. The van der Waals surface area contributed by atoms with E-state index >= 15 is 0 Å². The van der Waals surface area contributed by atoms with Crippen molar-refractivity contribution in [1.82, 2.24) is 15.1 Å². The number of para-hydroxylation sites is 1. The van der Waals surface area contributed by atoms with Crippen LogP contribution in [-0.4, -0.2) is 84.1 Å². The monoisotopic (exact) mass is 554 g/mol. The van der Waals surface area contributed by atoms with E-state index < -0.39 is 36.4 Å². The number of carboxylic acid groups (broad SMARTS) is 1. The molecule has 0 radical (unpaired) electrons. The molecule has 1 unspecified atom stereocenters. The third-order valence-corrected chi connectivity index (χ3v) is 6.42. The summed E-state index contributed by atoms with van der Waals surface area (Å²) in [6, 6.07) is 10.1. The Hall–Kier alpha value is -4.81. The second kappa shape index (κ2) is 13.8. The maximum absolute atomic E-state index is 13.0. The molecule has 0 saturated carbocycles. The number of urea groups is 2. The molecule has 3 rings (SSSR count). The van der Waals surface area contributed by atoms with Gasteiger partial charge < -0.3 is 41.3 Å². The SMILES string of the molecule is COc1cc(CC(=O)N2CCCN(C(=O)NC(CC(=O)O)C(N)=O)CC2)ccc1NC(=O)Nc1ccccc1C. The first kappa shape index (κ1) is 29.7. The van der Waals surface area contributed by atoms with Gasteiger partial charge in [-0.05, 0) is 42.7 Å². The van der Waals surface area contributed by atoms with Gasteiger partial charge in [-0.2, -0.15) is 0 Å². The molecule has 1 atom stereocenters. The molecule has 2 aromatic carbocycles. The standard InChI is InChI=1S/C27H34N6O7/c1-17-6-3-4-7-19(17)29-26(38)30-20-9-8-18(14-22(20)40-2)15-23(34)32-10-5-11-33(13-12-32)27(39)31-21(25(28)37)16-24(35)36/h3-4,6-9,14,21H,5,10-13,15-16H2,1-2H3,(H2,28,37)(H,31,39)(H,35,36)(H2,29,30,38). The molecule has 0 spiro atoms. The molecule has 13 nitrogen and oxygen atoms in total. The minimum absolute atomic E-state index is 0.0839. The van der Waals surface area contributed by atoms with Crippen LogP contribution in [0.4, 0.5) is 21.0 Å². The smallest absolute Gasteiger partial charge is 0.323 e. The molecule has 2 aromatic rings. The predicted octanol–water partition coefficient (Wildman–Crippen LogP) is 1.76. The first-order chi connectivity index (χ1) is 19.1. The molecule has 1 aliphatic rings. The van der Waals surface area contributed by atoms with Crippen LogP contribution in [0, 0.1) is 6.92 Å². The molecular formula is C27H34N6O7. The molecule has 1 aliphatic heterocycles. The minimum Gasteiger partial charge on any atom is -0.495 e. The molecule has 1 heterocycles. The number of aliphatic carboxylic acids is 1. The van der Waals surface area contributed by atoms with E-state index in [1.807, 2.05) is 25.1 Å². The summed E-state index contributed by atoms with van der Waals surface area (Å²) in [5.41, 5.74) is 7.93. The van der Waals surface area contributed by atoms with Crippen molar-refractivity contribution < 1.29 is 33.8 Å². The van der Waals surface area contributed by atoms with E-state index in [4.69, 9.17) is 15.6 Å². The molecular weight excluding hydrogens is 520 g/mol. The zero-order chi connectivity index (χ0) is 29.2. The first-order valence-electron chi connectivity index (χ1n) is 12.7. The Bertz CT molecular complexity index is 1270.